The van der Waals surface area contributed by atoms with Crippen LogP contribution in [0.25, 0.3) is 0 Å². The largest absolute Gasteiger partial charge is 0.369 e. The van der Waals surface area contributed by atoms with Crippen LogP contribution < -0.4 is 10.6 Å². The summed E-state index contributed by atoms with van der Waals surface area (Å²) in [5.74, 6) is -0.176. The monoisotopic (exact) mass is 356 g/mol. The molecule has 21 heavy (non-hydrogen) atoms. The summed E-state index contributed by atoms with van der Waals surface area (Å²) in [6.07, 6.45) is -0.0231. The average Bonchev–Trinajstić information content (AvgIpc) is 2.40. The summed E-state index contributed by atoms with van der Waals surface area (Å²) in [6, 6.07) is 7.47. The zero-order chi connectivity index (χ0) is 15.3. The molecule has 1 amide bonds. The molecular formula is C15H21BrN2O3. The summed E-state index contributed by atoms with van der Waals surface area (Å²) in [4.78, 5) is 11.8. The minimum Gasteiger partial charge on any atom is -0.369 e. The van der Waals surface area contributed by atoms with Gasteiger partial charge in [0.15, 0.2) is 0 Å². The van der Waals surface area contributed by atoms with Crippen molar-refractivity contribution < 1.29 is 14.3 Å². The molecule has 1 unspecified atom stereocenters. The molecular weight excluding hydrogens is 336 g/mol. The van der Waals surface area contributed by atoms with Gasteiger partial charge in [-0.3, -0.25) is 4.79 Å². The Kier molecular flexibility index (Phi) is 5.75. The van der Waals surface area contributed by atoms with Gasteiger partial charge in [-0.25, -0.2) is 0 Å². The van der Waals surface area contributed by atoms with E-state index in [0.29, 0.717) is 6.61 Å². The van der Waals surface area contributed by atoms with E-state index in [1.807, 2.05) is 38.1 Å². The van der Waals surface area contributed by atoms with E-state index in [2.05, 4.69) is 26.6 Å². The van der Waals surface area contributed by atoms with Crippen molar-refractivity contribution in [1.82, 2.24) is 5.32 Å². The van der Waals surface area contributed by atoms with Crippen molar-refractivity contribution in [3.8, 4) is 0 Å². The fraction of sp³-hybridized carbons (Fsp3) is 0.533. The predicted octanol–water partition coefficient (Wildman–Crippen LogP) is 2.17. The van der Waals surface area contributed by atoms with Crippen molar-refractivity contribution in [3.05, 3.63) is 28.7 Å². The average molecular weight is 357 g/mol. The molecule has 2 rings (SSSR count). The SMILES string of the molecule is CC1(C)CNCC(COCC(=O)Nc2ccccc2Br)O1. The first-order valence-corrected chi connectivity index (χ1v) is 7.76. The molecule has 116 valence electrons. The number of amides is 1. The van der Waals surface area contributed by atoms with E-state index < -0.39 is 0 Å². The Morgan fingerprint density at radius 2 is 2.29 bits per heavy atom. The maximum Gasteiger partial charge on any atom is 0.250 e. The third-order valence-electron chi connectivity index (χ3n) is 3.09. The fourth-order valence-electron chi connectivity index (χ4n) is 2.19. The number of halogens is 1. The van der Waals surface area contributed by atoms with Crippen LogP contribution >= 0.6 is 15.9 Å². The number of carbonyl (C=O) groups excluding carboxylic acids is 1. The number of hydrogen-bond donors (Lipinski definition) is 2. The van der Waals surface area contributed by atoms with Crippen LogP contribution in [0.15, 0.2) is 28.7 Å². The first kappa shape index (κ1) is 16.4. The lowest BCUT2D eigenvalue weighted by Gasteiger charge is -2.36. The number of morpholine rings is 1. The van der Waals surface area contributed by atoms with Crippen LogP contribution in [-0.4, -0.2) is 43.9 Å². The second-order valence-electron chi connectivity index (χ2n) is 5.67. The van der Waals surface area contributed by atoms with E-state index in [1.165, 1.54) is 0 Å². The molecule has 1 aromatic carbocycles. The predicted molar refractivity (Wildman–Crippen MR) is 85.4 cm³/mol. The van der Waals surface area contributed by atoms with Crippen LogP contribution in [0.2, 0.25) is 0 Å². The second-order valence-corrected chi connectivity index (χ2v) is 6.53. The van der Waals surface area contributed by atoms with E-state index in [9.17, 15) is 4.79 Å². The number of rotatable bonds is 5. The normalized spacial score (nSPS) is 21.0. The third kappa shape index (κ3) is 5.39. The van der Waals surface area contributed by atoms with Gasteiger partial charge in [-0.05, 0) is 41.9 Å². The van der Waals surface area contributed by atoms with Crippen LogP contribution in [-0.2, 0) is 14.3 Å². The molecule has 1 aliphatic rings. The van der Waals surface area contributed by atoms with Gasteiger partial charge < -0.3 is 20.1 Å². The lowest BCUT2D eigenvalue weighted by atomic mass is 10.1. The van der Waals surface area contributed by atoms with E-state index >= 15 is 0 Å². The van der Waals surface area contributed by atoms with Gasteiger partial charge in [0.2, 0.25) is 5.91 Å². The van der Waals surface area contributed by atoms with E-state index in [0.717, 1.165) is 23.2 Å². The summed E-state index contributed by atoms with van der Waals surface area (Å²) in [6.45, 7) is 6.06. The third-order valence-corrected chi connectivity index (χ3v) is 3.78. The van der Waals surface area contributed by atoms with Crippen LogP contribution in [0.1, 0.15) is 13.8 Å². The molecule has 1 saturated heterocycles. The van der Waals surface area contributed by atoms with Crippen LogP contribution in [0, 0.1) is 0 Å². The Labute approximate surface area is 133 Å². The molecule has 0 bridgehead atoms. The molecule has 0 saturated carbocycles. The summed E-state index contributed by atoms with van der Waals surface area (Å²) in [5.41, 5.74) is 0.548. The van der Waals surface area contributed by atoms with Gasteiger partial charge in [-0.2, -0.15) is 0 Å². The first-order valence-electron chi connectivity index (χ1n) is 6.97. The number of carbonyl (C=O) groups is 1. The molecule has 0 spiro atoms. The number of hydrogen-bond acceptors (Lipinski definition) is 4. The summed E-state index contributed by atoms with van der Waals surface area (Å²) < 4.78 is 12.2. The maximum absolute atomic E-state index is 11.8. The molecule has 1 fully saturated rings. The molecule has 1 heterocycles. The number of nitrogens with one attached hydrogen (secondary N) is 2. The van der Waals surface area contributed by atoms with Crippen molar-refractivity contribution in [3.63, 3.8) is 0 Å². The molecule has 0 aromatic heterocycles. The Morgan fingerprint density at radius 3 is 3.00 bits per heavy atom. The maximum atomic E-state index is 11.8. The van der Waals surface area contributed by atoms with Gasteiger partial charge >= 0.3 is 0 Å². The fourth-order valence-corrected chi connectivity index (χ4v) is 2.58. The second kappa shape index (κ2) is 7.35. The summed E-state index contributed by atoms with van der Waals surface area (Å²) in [5, 5.41) is 6.10. The van der Waals surface area contributed by atoms with Gasteiger partial charge in [0, 0.05) is 17.6 Å². The molecule has 0 radical (unpaired) electrons. The zero-order valence-corrected chi connectivity index (χ0v) is 13.9. The number of para-hydroxylation sites is 1. The van der Waals surface area contributed by atoms with Gasteiger partial charge in [0.25, 0.3) is 0 Å². The Bertz CT molecular complexity index is 494. The molecule has 6 heteroatoms. The minimum atomic E-state index is -0.191. The topological polar surface area (TPSA) is 59.6 Å². The van der Waals surface area contributed by atoms with E-state index in [4.69, 9.17) is 9.47 Å². The highest BCUT2D eigenvalue weighted by Crippen LogP contribution is 2.21. The highest BCUT2D eigenvalue weighted by molar-refractivity contribution is 9.10. The van der Waals surface area contributed by atoms with Crippen molar-refractivity contribution in [2.24, 2.45) is 0 Å². The molecule has 1 aliphatic heterocycles. The van der Waals surface area contributed by atoms with Crippen LogP contribution in [0.4, 0.5) is 5.69 Å². The molecule has 2 N–H and O–H groups in total. The number of ether oxygens (including phenoxy) is 2. The number of benzene rings is 1. The molecule has 1 atom stereocenters. The highest BCUT2D eigenvalue weighted by atomic mass is 79.9. The summed E-state index contributed by atoms with van der Waals surface area (Å²) in [7, 11) is 0. The molecule has 1 aromatic rings. The lowest BCUT2D eigenvalue weighted by molar-refractivity contribution is -0.132. The quantitative estimate of drug-likeness (QED) is 0.848. The van der Waals surface area contributed by atoms with E-state index in [-0.39, 0.29) is 24.2 Å². The van der Waals surface area contributed by atoms with Gasteiger partial charge in [-0.1, -0.05) is 12.1 Å². The molecule has 0 aliphatic carbocycles. The van der Waals surface area contributed by atoms with Gasteiger partial charge in [0.1, 0.15) is 6.61 Å². The van der Waals surface area contributed by atoms with Crippen LogP contribution in [0.5, 0.6) is 0 Å². The minimum absolute atomic E-state index is 0.0155. The zero-order valence-electron chi connectivity index (χ0n) is 12.3. The van der Waals surface area contributed by atoms with Crippen molar-refractivity contribution in [2.45, 2.75) is 25.6 Å². The van der Waals surface area contributed by atoms with Crippen molar-refractivity contribution >= 4 is 27.5 Å². The molecule has 5 nitrogen and oxygen atoms in total. The lowest BCUT2D eigenvalue weighted by Crippen LogP contribution is -2.52. The standard InChI is InChI=1S/C15H21BrN2O3/c1-15(2)10-17-7-11(21-15)8-20-9-14(19)18-13-6-4-3-5-12(13)16/h3-6,11,17H,7-10H2,1-2H3,(H,18,19). The van der Waals surface area contributed by atoms with Gasteiger partial charge in [0.05, 0.1) is 24.0 Å². The smallest absolute Gasteiger partial charge is 0.250 e. The Balaban J connectivity index is 1.71. The summed E-state index contributed by atoms with van der Waals surface area (Å²) >= 11 is 3.38. The van der Waals surface area contributed by atoms with Crippen LogP contribution in [0.3, 0.4) is 0 Å². The van der Waals surface area contributed by atoms with Crippen molar-refractivity contribution in [1.29, 1.82) is 0 Å². The Hall–Kier alpha value is -0.950. The van der Waals surface area contributed by atoms with Crippen molar-refractivity contribution in [2.75, 3.05) is 31.6 Å². The number of anilines is 1. The van der Waals surface area contributed by atoms with Gasteiger partial charge in [-0.15, -0.1) is 0 Å². The van der Waals surface area contributed by atoms with E-state index in [1.54, 1.807) is 0 Å². The Morgan fingerprint density at radius 1 is 1.52 bits per heavy atom. The highest BCUT2D eigenvalue weighted by Gasteiger charge is 2.28. The first-order chi connectivity index (χ1) is 9.96.